The molecule has 0 aliphatic rings. The number of hydrogen-bond acceptors (Lipinski definition) is 10. The number of aryl methyl sites for hydroxylation is 1. The van der Waals surface area contributed by atoms with E-state index < -0.39 is 12.1 Å². The summed E-state index contributed by atoms with van der Waals surface area (Å²) >= 11 is 0. The van der Waals surface area contributed by atoms with Crippen molar-refractivity contribution >= 4 is 46.3 Å². The molecule has 2 aromatic heterocycles. The lowest BCUT2D eigenvalue weighted by atomic mass is 10.1. The summed E-state index contributed by atoms with van der Waals surface area (Å²) in [4.78, 5) is 49.4. The summed E-state index contributed by atoms with van der Waals surface area (Å²) in [6.07, 6.45) is 2.61. The number of hydrogen-bond donors (Lipinski definition) is 3. The molecular formula is C39H43N7O6. The van der Waals surface area contributed by atoms with E-state index >= 15 is 0 Å². The van der Waals surface area contributed by atoms with Crippen LogP contribution in [0.1, 0.15) is 54.9 Å². The van der Waals surface area contributed by atoms with Gasteiger partial charge in [-0.1, -0.05) is 32.0 Å². The summed E-state index contributed by atoms with van der Waals surface area (Å²) < 4.78 is 17.9. The van der Waals surface area contributed by atoms with Gasteiger partial charge in [0.15, 0.2) is 11.5 Å². The zero-order valence-electron chi connectivity index (χ0n) is 29.7. The van der Waals surface area contributed by atoms with Crippen LogP contribution >= 0.6 is 0 Å². The van der Waals surface area contributed by atoms with Gasteiger partial charge in [-0.2, -0.15) is 0 Å². The van der Waals surface area contributed by atoms with Crippen molar-refractivity contribution in [2.75, 3.05) is 30.5 Å². The van der Waals surface area contributed by atoms with Crippen LogP contribution in [-0.4, -0.2) is 58.6 Å². The Labute approximate surface area is 302 Å². The lowest BCUT2D eigenvalue weighted by molar-refractivity contribution is -0.134. The van der Waals surface area contributed by atoms with E-state index in [1.165, 1.54) is 12.0 Å². The molecule has 5 aromatic rings. The summed E-state index contributed by atoms with van der Waals surface area (Å²) in [5.74, 6) is 1.50. The molecule has 0 saturated carbocycles. The molecule has 0 spiro atoms. The van der Waals surface area contributed by atoms with Crippen molar-refractivity contribution in [1.82, 2.24) is 19.9 Å². The molecule has 3 aromatic carbocycles. The molecule has 5 rings (SSSR count). The fraction of sp³-hybridized carbons (Fsp3) is 0.282. The van der Waals surface area contributed by atoms with E-state index in [9.17, 15) is 14.4 Å². The maximum atomic E-state index is 13.9. The van der Waals surface area contributed by atoms with Crippen molar-refractivity contribution in [3.63, 3.8) is 0 Å². The van der Waals surface area contributed by atoms with E-state index in [1.807, 2.05) is 29.8 Å². The monoisotopic (exact) mass is 705 g/mol. The molecule has 2 heterocycles. The van der Waals surface area contributed by atoms with Crippen LogP contribution in [-0.2, 0) is 23.1 Å². The average molecular weight is 706 g/mol. The van der Waals surface area contributed by atoms with Crippen molar-refractivity contribution in [3.05, 3.63) is 108 Å². The Kier molecular flexibility index (Phi) is 12.5. The van der Waals surface area contributed by atoms with E-state index in [0.717, 1.165) is 29.9 Å². The van der Waals surface area contributed by atoms with Gasteiger partial charge in [0.1, 0.15) is 17.5 Å². The van der Waals surface area contributed by atoms with Gasteiger partial charge >= 0.3 is 12.1 Å². The van der Waals surface area contributed by atoms with Gasteiger partial charge in [-0.15, -0.1) is 0 Å². The predicted octanol–water partition coefficient (Wildman–Crippen LogP) is 6.72. The third-order valence-corrected chi connectivity index (χ3v) is 8.23. The second kappa shape index (κ2) is 17.6. The quantitative estimate of drug-likeness (QED) is 0.0353. The third-order valence-electron chi connectivity index (χ3n) is 8.23. The zero-order valence-corrected chi connectivity index (χ0v) is 29.7. The largest absolute Gasteiger partial charge is 0.493 e. The lowest BCUT2D eigenvalue weighted by Gasteiger charge is -2.21. The van der Waals surface area contributed by atoms with Gasteiger partial charge in [-0.25, -0.2) is 14.8 Å². The van der Waals surface area contributed by atoms with Gasteiger partial charge in [0.25, 0.3) is 5.91 Å². The minimum atomic E-state index is -0.642. The number of amidine groups is 1. The maximum absolute atomic E-state index is 13.9. The van der Waals surface area contributed by atoms with Crippen molar-refractivity contribution in [3.8, 4) is 11.5 Å². The fourth-order valence-corrected chi connectivity index (χ4v) is 5.41. The van der Waals surface area contributed by atoms with Crippen LogP contribution in [0.5, 0.6) is 11.5 Å². The van der Waals surface area contributed by atoms with Crippen LogP contribution in [0.2, 0.25) is 0 Å². The molecule has 0 atom stereocenters. The highest BCUT2D eigenvalue weighted by atomic mass is 16.6. The number of carbonyl (C=O) groups excluding carboxylic acids is 3. The Morgan fingerprint density at radius 3 is 2.38 bits per heavy atom. The molecule has 13 heteroatoms. The molecule has 3 N–H and O–H groups in total. The zero-order chi connectivity index (χ0) is 37.0. The first-order valence-corrected chi connectivity index (χ1v) is 17.0. The van der Waals surface area contributed by atoms with Crippen molar-refractivity contribution in [2.24, 2.45) is 13.0 Å². The third kappa shape index (κ3) is 9.71. The van der Waals surface area contributed by atoms with E-state index in [2.05, 4.69) is 29.5 Å². The van der Waals surface area contributed by atoms with Crippen LogP contribution in [0.25, 0.3) is 11.0 Å². The number of methoxy groups -OCH3 is 1. The Balaban J connectivity index is 1.21. The number of alkyl carbamates (subject to hydrolysis) is 1. The minimum Gasteiger partial charge on any atom is -0.493 e. The van der Waals surface area contributed by atoms with E-state index in [0.29, 0.717) is 53.0 Å². The number of aromatic nitrogens is 3. The molecule has 0 unspecified atom stereocenters. The summed E-state index contributed by atoms with van der Waals surface area (Å²) in [7, 11) is 3.40. The summed E-state index contributed by atoms with van der Waals surface area (Å²) in [5, 5.41) is 14.0. The Morgan fingerprint density at radius 1 is 0.942 bits per heavy atom. The molecule has 270 valence electrons. The number of pyridine rings is 1. The first kappa shape index (κ1) is 37.0. The van der Waals surface area contributed by atoms with Gasteiger partial charge in [0.05, 0.1) is 37.7 Å². The number of carbonyl (C=O) groups is 3. The second-order valence-electron chi connectivity index (χ2n) is 12.4. The summed E-state index contributed by atoms with van der Waals surface area (Å²) in [6.45, 7) is 4.97. The summed E-state index contributed by atoms with van der Waals surface area (Å²) in [5.41, 5.74) is 3.19. The Morgan fingerprint density at radius 2 is 1.67 bits per heavy atom. The predicted molar refractivity (Wildman–Crippen MR) is 199 cm³/mol. The number of esters is 1. The Bertz CT molecular complexity index is 2010. The highest BCUT2D eigenvalue weighted by molar-refractivity contribution is 6.07. The highest BCUT2D eigenvalue weighted by Gasteiger charge is 2.22. The molecule has 0 bridgehead atoms. The van der Waals surface area contributed by atoms with Gasteiger partial charge in [0.2, 0.25) is 0 Å². The van der Waals surface area contributed by atoms with E-state index in [4.69, 9.17) is 24.6 Å². The molecule has 0 fully saturated rings. The number of nitrogens with zero attached hydrogens (tertiary/aromatic N) is 4. The standard InChI is InChI=1S/C39H43N7O6/c1-26(2)10-9-23-51-39(49)44-37(40)27-14-17-29(18-15-27)42-25-35-43-30-24-28(16-19-31(30)45(35)3)38(48)46(34-13-7-8-21-41-34)22-20-36(47)52-33-12-6-5-11-32(33)50-4/h5-8,11-19,21,24,26,42H,9-10,20,22-23,25H2,1-4H3,(H2,40,44,49). The Hall–Kier alpha value is -6.24. The van der Waals surface area contributed by atoms with Crippen LogP contribution in [0.3, 0.4) is 0 Å². The summed E-state index contributed by atoms with van der Waals surface area (Å²) in [6, 6.07) is 24.5. The number of nitrogens with one attached hydrogen (secondary N) is 3. The van der Waals surface area contributed by atoms with E-state index in [-0.39, 0.29) is 24.7 Å². The number of para-hydroxylation sites is 2. The molecule has 13 nitrogen and oxygen atoms in total. The minimum absolute atomic E-state index is 0.0378. The molecule has 0 aliphatic carbocycles. The average Bonchev–Trinajstić information content (AvgIpc) is 3.47. The SMILES string of the molecule is COc1ccccc1OC(=O)CCN(C(=O)c1ccc2c(c1)nc(CNc1ccc(C(=N)NC(=O)OCCCC(C)C)cc1)n2C)c1ccccn1. The molecule has 2 amide bonds. The molecule has 0 saturated heterocycles. The van der Waals surface area contributed by atoms with E-state index in [1.54, 1.807) is 72.9 Å². The first-order valence-electron chi connectivity index (χ1n) is 17.0. The van der Waals surface area contributed by atoms with Crippen LogP contribution in [0, 0.1) is 11.3 Å². The maximum Gasteiger partial charge on any atom is 0.412 e. The number of fused-ring (bicyclic) bond motifs is 1. The number of amides is 2. The van der Waals surface area contributed by atoms with Crippen LogP contribution in [0.15, 0.2) is 91.1 Å². The number of anilines is 2. The van der Waals surface area contributed by atoms with Crippen molar-refractivity contribution in [1.29, 1.82) is 5.41 Å². The fourth-order valence-electron chi connectivity index (χ4n) is 5.41. The smallest absolute Gasteiger partial charge is 0.412 e. The highest BCUT2D eigenvalue weighted by Crippen LogP contribution is 2.27. The lowest BCUT2D eigenvalue weighted by Crippen LogP contribution is -2.34. The van der Waals surface area contributed by atoms with Gasteiger partial charge in [-0.05, 0) is 85.5 Å². The van der Waals surface area contributed by atoms with Crippen LogP contribution < -0.4 is 25.0 Å². The van der Waals surface area contributed by atoms with Gasteiger partial charge in [-0.3, -0.25) is 25.2 Å². The number of benzene rings is 3. The van der Waals surface area contributed by atoms with Crippen molar-refractivity contribution in [2.45, 2.75) is 39.7 Å². The number of rotatable bonds is 15. The first-order chi connectivity index (χ1) is 25.1. The molecular weight excluding hydrogens is 662 g/mol. The van der Waals surface area contributed by atoms with Gasteiger partial charge in [0, 0.05) is 36.6 Å². The van der Waals surface area contributed by atoms with Crippen molar-refractivity contribution < 1.29 is 28.6 Å². The molecule has 0 radical (unpaired) electrons. The topological polar surface area (TPSA) is 161 Å². The van der Waals surface area contributed by atoms with Crippen LogP contribution in [0.4, 0.5) is 16.3 Å². The number of imidazole rings is 1. The molecule has 52 heavy (non-hydrogen) atoms. The number of ether oxygens (including phenoxy) is 3. The van der Waals surface area contributed by atoms with Gasteiger partial charge < -0.3 is 24.1 Å². The second-order valence-corrected chi connectivity index (χ2v) is 12.4. The normalized spacial score (nSPS) is 10.9. The molecule has 0 aliphatic heterocycles.